The summed E-state index contributed by atoms with van der Waals surface area (Å²) in [5, 5.41) is 13.3. The van der Waals surface area contributed by atoms with Crippen molar-refractivity contribution in [2.75, 3.05) is 0 Å². The lowest BCUT2D eigenvalue weighted by molar-refractivity contribution is 0.143. The van der Waals surface area contributed by atoms with E-state index in [-0.39, 0.29) is 0 Å². The van der Waals surface area contributed by atoms with E-state index in [1.807, 2.05) is 4.68 Å². The summed E-state index contributed by atoms with van der Waals surface area (Å²) in [7, 11) is 0. The van der Waals surface area contributed by atoms with Gasteiger partial charge in [-0.1, -0.05) is 33.6 Å². The summed E-state index contributed by atoms with van der Waals surface area (Å²) in [5.41, 5.74) is 1.16. The van der Waals surface area contributed by atoms with Gasteiger partial charge in [0.1, 0.15) is 11.8 Å². The molecular weight excluding hydrogens is 222 g/mol. The second-order valence-corrected chi connectivity index (χ2v) is 5.99. The van der Waals surface area contributed by atoms with Crippen molar-refractivity contribution in [2.24, 2.45) is 17.3 Å². The number of hydrogen-bond acceptors (Lipinski definition) is 2. The minimum Gasteiger partial charge on any atom is -0.255 e. The Morgan fingerprint density at radius 1 is 1.67 bits per heavy atom. The van der Waals surface area contributed by atoms with Crippen LogP contribution in [-0.2, 0) is 6.54 Å². The molecule has 1 aromatic rings. The fourth-order valence-corrected chi connectivity index (χ4v) is 3.64. The summed E-state index contributed by atoms with van der Waals surface area (Å²) in [6, 6.07) is 4.00. The van der Waals surface area contributed by atoms with Crippen LogP contribution in [0.2, 0.25) is 0 Å². The van der Waals surface area contributed by atoms with Crippen LogP contribution in [0.1, 0.15) is 52.1 Å². The summed E-state index contributed by atoms with van der Waals surface area (Å²) in [6.07, 6.45) is 7.01. The molecule has 0 saturated heterocycles. The largest absolute Gasteiger partial charge is 0.255 e. The van der Waals surface area contributed by atoms with Crippen molar-refractivity contribution >= 4 is 0 Å². The van der Waals surface area contributed by atoms with E-state index in [1.54, 1.807) is 12.3 Å². The Morgan fingerprint density at radius 2 is 2.44 bits per heavy atom. The SMILES string of the molecule is CC[C@@]1(C)CCC[C@@H]1C(C)Cn1nccc1C#N. The van der Waals surface area contributed by atoms with Crippen LogP contribution in [0.3, 0.4) is 0 Å². The first kappa shape index (κ1) is 13.1. The predicted octanol–water partition coefficient (Wildman–Crippen LogP) is 3.61. The van der Waals surface area contributed by atoms with Gasteiger partial charge in [0.05, 0.1) is 6.20 Å². The molecule has 1 aromatic heterocycles. The van der Waals surface area contributed by atoms with Crippen LogP contribution in [0.5, 0.6) is 0 Å². The van der Waals surface area contributed by atoms with Crippen LogP contribution in [0.25, 0.3) is 0 Å². The van der Waals surface area contributed by atoms with Gasteiger partial charge in [-0.3, -0.25) is 4.68 Å². The first-order chi connectivity index (χ1) is 8.60. The molecule has 0 spiro atoms. The van der Waals surface area contributed by atoms with E-state index in [9.17, 15) is 0 Å². The molecule has 98 valence electrons. The zero-order valence-corrected chi connectivity index (χ0v) is 11.7. The van der Waals surface area contributed by atoms with Crippen LogP contribution < -0.4 is 0 Å². The topological polar surface area (TPSA) is 41.6 Å². The van der Waals surface area contributed by atoms with Crippen molar-refractivity contribution in [3.8, 4) is 6.07 Å². The fourth-order valence-electron chi connectivity index (χ4n) is 3.64. The van der Waals surface area contributed by atoms with Crippen LogP contribution in [0.4, 0.5) is 0 Å². The molecule has 0 bridgehead atoms. The van der Waals surface area contributed by atoms with Crippen molar-refractivity contribution in [3.05, 3.63) is 18.0 Å². The van der Waals surface area contributed by atoms with Gasteiger partial charge < -0.3 is 0 Å². The van der Waals surface area contributed by atoms with E-state index < -0.39 is 0 Å². The van der Waals surface area contributed by atoms with Crippen molar-refractivity contribution in [1.29, 1.82) is 5.26 Å². The van der Waals surface area contributed by atoms with Gasteiger partial charge in [-0.2, -0.15) is 10.4 Å². The lowest BCUT2D eigenvalue weighted by atomic mass is 9.72. The third-order valence-corrected chi connectivity index (χ3v) is 4.94. The maximum Gasteiger partial charge on any atom is 0.138 e. The minimum absolute atomic E-state index is 0.485. The molecule has 0 aliphatic heterocycles. The molecule has 18 heavy (non-hydrogen) atoms. The quantitative estimate of drug-likeness (QED) is 0.813. The van der Waals surface area contributed by atoms with Crippen molar-refractivity contribution in [2.45, 2.75) is 53.0 Å². The third kappa shape index (κ3) is 2.29. The number of nitrogens with zero attached hydrogens (tertiary/aromatic N) is 3. The maximum absolute atomic E-state index is 9.02. The summed E-state index contributed by atoms with van der Waals surface area (Å²) >= 11 is 0. The second-order valence-electron chi connectivity index (χ2n) is 5.99. The van der Waals surface area contributed by atoms with E-state index in [4.69, 9.17) is 5.26 Å². The number of aromatic nitrogens is 2. The molecule has 1 aliphatic carbocycles. The maximum atomic E-state index is 9.02. The molecule has 3 nitrogen and oxygen atoms in total. The Labute approximate surface area is 110 Å². The Morgan fingerprint density at radius 3 is 3.11 bits per heavy atom. The first-order valence-corrected chi connectivity index (χ1v) is 7.02. The van der Waals surface area contributed by atoms with Crippen LogP contribution in [-0.4, -0.2) is 9.78 Å². The highest BCUT2D eigenvalue weighted by Crippen LogP contribution is 2.49. The number of rotatable bonds is 4. The molecule has 1 heterocycles. The highest BCUT2D eigenvalue weighted by atomic mass is 15.3. The number of nitriles is 1. The van der Waals surface area contributed by atoms with Gasteiger partial charge in [0.2, 0.25) is 0 Å². The normalized spacial score (nSPS) is 29.1. The Bertz CT molecular complexity index is 443. The van der Waals surface area contributed by atoms with E-state index in [0.717, 1.165) is 12.5 Å². The van der Waals surface area contributed by atoms with Gasteiger partial charge >= 0.3 is 0 Å². The summed E-state index contributed by atoms with van der Waals surface area (Å²) in [6.45, 7) is 7.91. The molecule has 1 fully saturated rings. The zero-order valence-electron chi connectivity index (χ0n) is 11.7. The van der Waals surface area contributed by atoms with Crippen LogP contribution in [0.15, 0.2) is 12.3 Å². The Hall–Kier alpha value is -1.30. The number of hydrogen-bond donors (Lipinski definition) is 0. The molecule has 1 saturated carbocycles. The van der Waals surface area contributed by atoms with Gasteiger partial charge in [-0.25, -0.2) is 0 Å². The van der Waals surface area contributed by atoms with Crippen molar-refractivity contribution < 1.29 is 0 Å². The smallest absolute Gasteiger partial charge is 0.138 e. The first-order valence-electron chi connectivity index (χ1n) is 7.02. The lowest BCUT2D eigenvalue weighted by Gasteiger charge is -2.35. The molecule has 3 heteroatoms. The standard InChI is InChI=1S/C15H23N3/c1-4-15(3)8-5-6-14(15)12(2)11-18-13(10-16)7-9-17-18/h7,9,12,14H,4-6,8,11H2,1-3H3/t12?,14-,15+/m1/s1. The monoisotopic (exact) mass is 245 g/mol. The minimum atomic E-state index is 0.485. The summed E-state index contributed by atoms with van der Waals surface area (Å²) in [4.78, 5) is 0. The molecule has 0 aromatic carbocycles. The van der Waals surface area contributed by atoms with E-state index in [2.05, 4.69) is 31.9 Å². The molecule has 0 radical (unpaired) electrons. The zero-order chi connectivity index (χ0) is 13.2. The molecule has 1 unspecified atom stereocenters. The van der Waals surface area contributed by atoms with E-state index >= 15 is 0 Å². The van der Waals surface area contributed by atoms with Gasteiger partial charge in [0.25, 0.3) is 0 Å². The van der Waals surface area contributed by atoms with Gasteiger partial charge in [-0.15, -0.1) is 0 Å². The van der Waals surface area contributed by atoms with Gasteiger partial charge in [-0.05, 0) is 36.2 Å². The average molecular weight is 245 g/mol. The highest BCUT2D eigenvalue weighted by Gasteiger charge is 2.40. The lowest BCUT2D eigenvalue weighted by Crippen LogP contribution is -2.29. The predicted molar refractivity (Wildman–Crippen MR) is 71.8 cm³/mol. The van der Waals surface area contributed by atoms with E-state index in [1.165, 1.54) is 25.7 Å². The third-order valence-electron chi connectivity index (χ3n) is 4.94. The fraction of sp³-hybridized carbons (Fsp3) is 0.733. The summed E-state index contributed by atoms with van der Waals surface area (Å²) < 4.78 is 1.86. The van der Waals surface area contributed by atoms with Crippen LogP contribution >= 0.6 is 0 Å². The second kappa shape index (κ2) is 5.14. The Balaban J connectivity index is 2.09. The Kier molecular flexibility index (Phi) is 3.75. The van der Waals surface area contributed by atoms with Crippen molar-refractivity contribution in [1.82, 2.24) is 9.78 Å². The molecule has 0 amide bonds. The average Bonchev–Trinajstić information content (AvgIpc) is 2.96. The molecule has 3 atom stereocenters. The van der Waals surface area contributed by atoms with E-state index in [0.29, 0.717) is 17.0 Å². The molecule has 1 aliphatic rings. The van der Waals surface area contributed by atoms with Gasteiger partial charge in [0, 0.05) is 6.54 Å². The van der Waals surface area contributed by atoms with Crippen LogP contribution in [0, 0.1) is 28.6 Å². The molecule has 2 rings (SSSR count). The van der Waals surface area contributed by atoms with Gasteiger partial charge in [0.15, 0.2) is 0 Å². The molecule has 0 N–H and O–H groups in total. The highest BCUT2D eigenvalue weighted by molar-refractivity contribution is 5.18. The summed E-state index contributed by atoms with van der Waals surface area (Å²) in [5.74, 6) is 1.35. The van der Waals surface area contributed by atoms with Crippen molar-refractivity contribution in [3.63, 3.8) is 0 Å². The molecular formula is C15H23N3.